The number of aryl methyl sites for hydroxylation is 2. The van der Waals surface area contributed by atoms with Crippen LogP contribution in [0, 0.1) is 6.92 Å². The van der Waals surface area contributed by atoms with Crippen LogP contribution in [0.15, 0.2) is 48.7 Å². The van der Waals surface area contributed by atoms with Gasteiger partial charge in [-0.2, -0.15) is 0 Å². The molecule has 3 rings (SSSR count). The molecule has 1 aromatic heterocycles. The number of nitrogens with two attached hydrogens (primary N) is 1. The lowest BCUT2D eigenvalue weighted by Crippen LogP contribution is -2.13. The van der Waals surface area contributed by atoms with Crippen molar-refractivity contribution in [1.82, 2.24) is 4.57 Å². The summed E-state index contributed by atoms with van der Waals surface area (Å²) in [4.78, 5) is 11.5. The molecule has 0 radical (unpaired) electrons. The van der Waals surface area contributed by atoms with Crippen molar-refractivity contribution in [3.8, 4) is 11.1 Å². The Morgan fingerprint density at radius 2 is 1.73 bits per heavy atom. The van der Waals surface area contributed by atoms with Crippen LogP contribution in [0.3, 0.4) is 0 Å². The molecule has 1 amide bonds. The van der Waals surface area contributed by atoms with Crippen LogP contribution in [0.25, 0.3) is 22.0 Å². The Labute approximate surface area is 155 Å². The van der Waals surface area contributed by atoms with Crippen molar-refractivity contribution in [2.75, 3.05) is 0 Å². The highest BCUT2D eigenvalue weighted by Crippen LogP contribution is 2.29. The van der Waals surface area contributed by atoms with Crippen LogP contribution in [0.4, 0.5) is 0 Å². The highest BCUT2D eigenvalue weighted by atomic mass is 16.1. The lowest BCUT2D eigenvalue weighted by molar-refractivity contribution is -0.117. The Kier molecular flexibility index (Phi) is 5.77. The van der Waals surface area contributed by atoms with E-state index in [-0.39, 0.29) is 12.3 Å². The number of nitrogens with zero attached hydrogens (tertiary/aromatic N) is 1. The minimum atomic E-state index is -0.282. The van der Waals surface area contributed by atoms with Crippen LogP contribution in [-0.2, 0) is 17.8 Å². The van der Waals surface area contributed by atoms with Crippen LogP contribution in [0.5, 0.6) is 0 Å². The highest BCUT2D eigenvalue weighted by molar-refractivity contribution is 5.92. The Morgan fingerprint density at radius 1 is 1.00 bits per heavy atom. The van der Waals surface area contributed by atoms with Crippen LogP contribution in [0.1, 0.15) is 43.7 Å². The van der Waals surface area contributed by atoms with Crippen molar-refractivity contribution in [2.45, 2.75) is 52.5 Å². The third-order valence-electron chi connectivity index (χ3n) is 4.97. The van der Waals surface area contributed by atoms with Gasteiger partial charge in [-0.15, -0.1) is 0 Å². The highest BCUT2D eigenvalue weighted by Gasteiger charge is 2.12. The predicted octanol–water partition coefficient (Wildman–Crippen LogP) is 5.22. The summed E-state index contributed by atoms with van der Waals surface area (Å²) < 4.78 is 2.28. The van der Waals surface area contributed by atoms with Gasteiger partial charge in [0.25, 0.3) is 0 Å². The number of unbranched alkanes of at least 4 members (excludes halogenated alkanes) is 3. The van der Waals surface area contributed by atoms with E-state index in [1.165, 1.54) is 41.5 Å². The summed E-state index contributed by atoms with van der Waals surface area (Å²) in [5, 5.41) is 1.14. The molecule has 3 nitrogen and oxygen atoms in total. The molecular formula is C23H28N2O. The fraction of sp³-hybridized carbons (Fsp3) is 0.348. The van der Waals surface area contributed by atoms with E-state index in [4.69, 9.17) is 5.73 Å². The first-order valence-corrected chi connectivity index (χ1v) is 9.55. The van der Waals surface area contributed by atoms with Gasteiger partial charge in [0.05, 0.1) is 6.42 Å². The first-order valence-electron chi connectivity index (χ1n) is 9.55. The summed E-state index contributed by atoms with van der Waals surface area (Å²) in [6.07, 6.45) is 7.30. The molecule has 0 aliphatic rings. The van der Waals surface area contributed by atoms with Gasteiger partial charge in [0.15, 0.2) is 0 Å². The average molecular weight is 348 g/mol. The number of aromatic nitrogens is 1. The van der Waals surface area contributed by atoms with Crippen molar-refractivity contribution in [1.29, 1.82) is 0 Å². The van der Waals surface area contributed by atoms with Gasteiger partial charge in [-0.3, -0.25) is 4.79 Å². The van der Waals surface area contributed by atoms with Gasteiger partial charge >= 0.3 is 0 Å². The largest absolute Gasteiger partial charge is 0.369 e. The lowest BCUT2D eigenvalue weighted by atomic mass is 10.0. The van der Waals surface area contributed by atoms with E-state index in [0.717, 1.165) is 23.9 Å². The first kappa shape index (κ1) is 18.2. The van der Waals surface area contributed by atoms with E-state index in [1.807, 2.05) is 0 Å². The SMILES string of the molecule is CCCCCCn1cc(CC(N)=O)c2cc(-c3ccc(C)cc3)ccc21. The van der Waals surface area contributed by atoms with Crippen molar-refractivity contribution in [2.24, 2.45) is 5.73 Å². The Balaban J connectivity index is 1.97. The van der Waals surface area contributed by atoms with Crippen LogP contribution in [0.2, 0.25) is 0 Å². The number of hydrogen-bond acceptors (Lipinski definition) is 1. The molecule has 0 fully saturated rings. The zero-order valence-corrected chi connectivity index (χ0v) is 15.8. The van der Waals surface area contributed by atoms with Crippen LogP contribution >= 0.6 is 0 Å². The van der Waals surface area contributed by atoms with E-state index >= 15 is 0 Å². The fourth-order valence-electron chi connectivity index (χ4n) is 3.52. The molecule has 136 valence electrons. The molecule has 0 atom stereocenters. The molecule has 0 saturated carbocycles. The molecule has 2 N–H and O–H groups in total. The topological polar surface area (TPSA) is 48.0 Å². The molecule has 0 spiro atoms. The van der Waals surface area contributed by atoms with Crippen LogP contribution < -0.4 is 5.73 Å². The quantitative estimate of drug-likeness (QED) is 0.557. The standard InChI is InChI=1S/C23H28N2O/c1-3-4-5-6-13-25-16-20(15-23(24)26)21-14-19(11-12-22(21)25)18-9-7-17(2)8-10-18/h7-12,14,16H,3-6,13,15H2,1-2H3,(H2,24,26). The molecule has 3 aromatic rings. The summed E-state index contributed by atoms with van der Waals surface area (Å²) >= 11 is 0. The molecule has 2 aromatic carbocycles. The molecule has 26 heavy (non-hydrogen) atoms. The molecule has 0 aliphatic carbocycles. The maximum Gasteiger partial charge on any atom is 0.221 e. The molecule has 3 heteroatoms. The zero-order chi connectivity index (χ0) is 18.5. The normalized spacial score (nSPS) is 11.2. The van der Waals surface area contributed by atoms with Gasteiger partial charge in [-0.25, -0.2) is 0 Å². The molecule has 0 bridgehead atoms. The first-order chi connectivity index (χ1) is 12.6. The maximum absolute atomic E-state index is 11.5. The second kappa shape index (κ2) is 8.22. The number of carbonyl (C=O) groups is 1. The summed E-state index contributed by atoms with van der Waals surface area (Å²) in [7, 11) is 0. The maximum atomic E-state index is 11.5. The van der Waals surface area contributed by atoms with Gasteiger partial charge in [0.1, 0.15) is 0 Å². The van der Waals surface area contributed by atoms with Gasteiger partial charge < -0.3 is 10.3 Å². The predicted molar refractivity (Wildman–Crippen MR) is 109 cm³/mol. The zero-order valence-electron chi connectivity index (χ0n) is 15.8. The number of carbonyl (C=O) groups excluding carboxylic acids is 1. The monoisotopic (exact) mass is 348 g/mol. The summed E-state index contributed by atoms with van der Waals surface area (Å²) in [6, 6.07) is 15.1. The van der Waals surface area contributed by atoms with Crippen molar-refractivity contribution in [3.63, 3.8) is 0 Å². The molecule has 1 heterocycles. The Hall–Kier alpha value is -2.55. The summed E-state index contributed by atoms with van der Waals surface area (Å²) in [5.41, 5.74) is 11.3. The molecular weight excluding hydrogens is 320 g/mol. The number of amides is 1. The van der Waals surface area contributed by atoms with E-state index in [1.54, 1.807) is 0 Å². The number of hydrogen-bond donors (Lipinski definition) is 1. The number of fused-ring (bicyclic) bond motifs is 1. The van der Waals surface area contributed by atoms with E-state index in [9.17, 15) is 4.79 Å². The smallest absolute Gasteiger partial charge is 0.221 e. The average Bonchev–Trinajstić information content (AvgIpc) is 2.96. The van der Waals surface area contributed by atoms with Gasteiger partial charge in [0.2, 0.25) is 5.91 Å². The summed E-state index contributed by atoms with van der Waals surface area (Å²) in [6.45, 7) is 5.30. The van der Waals surface area contributed by atoms with Gasteiger partial charge in [-0.05, 0) is 42.2 Å². The third kappa shape index (κ3) is 4.16. The van der Waals surface area contributed by atoms with Crippen LogP contribution in [-0.4, -0.2) is 10.5 Å². The minimum Gasteiger partial charge on any atom is -0.369 e. The number of primary amides is 1. The van der Waals surface area contributed by atoms with Crippen molar-refractivity contribution in [3.05, 3.63) is 59.8 Å². The minimum absolute atomic E-state index is 0.282. The number of benzene rings is 2. The van der Waals surface area contributed by atoms with Crippen molar-refractivity contribution < 1.29 is 4.79 Å². The van der Waals surface area contributed by atoms with E-state index in [0.29, 0.717) is 0 Å². The van der Waals surface area contributed by atoms with Gasteiger partial charge in [0, 0.05) is 23.6 Å². The van der Waals surface area contributed by atoms with E-state index < -0.39 is 0 Å². The van der Waals surface area contributed by atoms with E-state index in [2.05, 4.69) is 67.1 Å². The second-order valence-corrected chi connectivity index (χ2v) is 7.15. The van der Waals surface area contributed by atoms with Crippen molar-refractivity contribution >= 4 is 16.8 Å². The molecule has 0 aliphatic heterocycles. The second-order valence-electron chi connectivity index (χ2n) is 7.15. The Bertz CT molecular complexity index is 890. The lowest BCUT2D eigenvalue weighted by Gasteiger charge is -2.07. The fourth-order valence-corrected chi connectivity index (χ4v) is 3.52. The molecule has 0 saturated heterocycles. The molecule has 0 unspecified atom stereocenters. The summed E-state index contributed by atoms with van der Waals surface area (Å²) in [5.74, 6) is -0.282. The van der Waals surface area contributed by atoms with Gasteiger partial charge in [-0.1, -0.05) is 62.1 Å². The Morgan fingerprint density at radius 3 is 2.42 bits per heavy atom. The number of rotatable bonds is 8. The third-order valence-corrected chi connectivity index (χ3v) is 4.97.